The van der Waals surface area contributed by atoms with E-state index in [4.69, 9.17) is 9.47 Å². The van der Waals surface area contributed by atoms with Crippen LogP contribution in [0.25, 0.3) is 0 Å². The van der Waals surface area contributed by atoms with Crippen LogP contribution in [-0.4, -0.2) is 12.2 Å². The van der Waals surface area contributed by atoms with Crippen LogP contribution < -0.4 is 0 Å². The standard InChI is InChI=1S/C13H15I3O2/c1-3-9-4-7(2)17-13(18-9)10-5-8(14)6-11(15)12(10)16/h5-7,9,13H,3-4H2,1-2H3. The third kappa shape index (κ3) is 3.70. The SMILES string of the molecule is CCC1CC(C)OC(c2cc(I)cc(I)c2I)O1. The number of rotatable bonds is 2. The first-order chi connectivity index (χ1) is 8.51. The van der Waals surface area contributed by atoms with Crippen LogP contribution in [0.15, 0.2) is 12.1 Å². The van der Waals surface area contributed by atoms with Gasteiger partial charge < -0.3 is 9.47 Å². The van der Waals surface area contributed by atoms with Crippen LogP contribution in [0.1, 0.15) is 38.5 Å². The Bertz CT molecular complexity index is 436. The lowest BCUT2D eigenvalue weighted by Crippen LogP contribution is -2.32. The Morgan fingerprint density at radius 3 is 2.61 bits per heavy atom. The van der Waals surface area contributed by atoms with Crippen LogP contribution in [0.5, 0.6) is 0 Å². The molecule has 1 heterocycles. The van der Waals surface area contributed by atoms with Crippen molar-refractivity contribution in [3.63, 3.8) is 0 Å². The maximum Gasteiger partial charge on any atom is 0.185 e. The molecule has 5 heteroatoms. The van der Waals surface area contributed by atoms with E-state index in [2.05, 4.69) is 93.8 Å². The van der Waals surface area contributed by atoms with Crippen LogP contribution in [0.2, 0.25) is 0 Å². The van der Waals surface area contributed by atoms with Gasteiger partial charge in [0.25, 0.3) is 0 Å². The number of halogens is 3. The summed E-state index contributed by atoms with van der Waals surface area (Å²) < 4.78 is 15.7. The molecule has 3 atom stereocenters. The zero-order chi connectivity index (χ0) is 13.3. The molecule has 0 radical (unpaired) electrons. The van der Waals surface area contributed by atoms with E-state index in [1.165, 1.54) is 10.7 Å². The lowest BCUT2D eigenvalue weighted by molar-refractivity contribution is -0.244. The lowest BCUT2D eigenvalue weighted by Gasteiger charge is -2.34. The van der Waals surface area contributed by atoms with Gasteiger partial charge in [-0.2, -0.15) is 0 Å². The Hall–Kier alpha value is 1.33. The van der Waals surface area contributed by atoms with Gasteiger partial charge in [-0.25, -0.2) is 0 Å². The van der Waals surface area contributed by atoms with Crippen molar-refractivity contribution in [1.82, 2.24) is 0 Å². The first kappa shape index (κ1) is 15.7. The Morgan fingerprint density at radius 1 is 1.22 bits per heavy atom. The number of hydrogen-bond donors (Lipinski definition) is 0. The molecule has 0 N–H and O–H groups in total. The van der Waals surface area contributed by atoms with Crippen molar-refractivity contribution in [2.75, 3.05) is 0 Å². The predicted octanol–water partition coefficient (Wildman–Crippen LogP) is 5.10. The zero-order valence-electron chi connectivity index (χ0n) is 10.3. The fourth-order valence-corrected chi connectivity index (χ4v) is 4.51. The second-order valence-corrected chi connectivity index (χ2v) is 7.96. The van der Waals surface area contributed by atoms with Crippen LogP contribution in [0.4, 0.5) is 0 Å². The molecule has 0 aromatic heterocycles. The average Bonchev–Trinajstić information content (AvgIpc) is 2.32. The van der Waals surface area contributed by atoms with Crippen molar-refractivity contribution < 1.29 is 9.47 Å². The molecule has 0 bridgehead atoms. The van der Waals surface area contributed by atoms with Crippen molar-refractivity contribution in [2.24, 2.45) is 0 Å². The van der Waals surface area contributed by atoms with E-state index in [1.807, 2.05) is 0 Å². The Morgan fingerprint density at radius 2 is 1.94 bits per heavy atom. The number of benzene rings is 1. The van der Waals surface area contributed by atoms with E-state index in [1.54, 1.807) is 0 Å². The summed E-state index contributed by atoms with van der Waals surface area (Å²) >= 11 is 7.09. The summed E-state index contributed by atoms with van der Waals surface area (Å²) in [5, 5.41) is 0. The van der Waals surface area contributed by atoms with E-state index in [-0.39, 0.29) is 12.4 Å². The van der Waals surface area contributed by atoms with Gasteiger partial charge in [-0.15, -0.1) is 0 Å². The smallest absolute Gasteiger partial charge is 0.185 e. The van der Waals surface area contributed by atoms with Crippen molar-refractivity contribution in [1.29, 1.82) is 0 Å². The molecule has 1 aromatic carbocycles. The third-order valence-corrected chi connectivity index (χ3v) is 6.71. The highest BCUT2D eigenvalue weighted by molar-refractivity contribution is 14.1. The van der Waals surface area contributed by atoms with Gasteiger partial charge in [0.1, 0.15) is 0 Å². The average molecular weight is 584 g/mol. The minimum Gasteiger partial charge on any atom is -0.345 e. The Kier molecular flexibility index (Phi) is 5.99. The molecule has 2 nitrogen and oxygen atoms in total. The maximum absolute atomic E-state index is 6.05. The largest absolute Gasteiger partial charge is 0.345 e. The molecule has 3 unspecified atom stereocenters. The van der Waals surface area contributed by atoms with Crippen molar-refractivity contribution in [2.45, 2.75) is 45.2 Å². The molecule has 0 aliphatic carbocycles. The van der Waals surface area contributed by atoms with Gasteiger partial charge in [-0.05, 0) is 99.7 Å². The van der Waals surface area contributed by atoms with Gasteiger partial charge in [0.15, 0.2) is 6.29 Å². The molecule has 0 spiro atoms. The highest BCUT2D eigenvalue weighted by atomic mass is 127. The fraction of sp³-hybridized carbons (Fsp3) is 0.538. The number of ether oxygens (including phenoxy) is 2. The molecule has 2 rings (SSSR count). The third-order valence-electron chi connectivity index (χ3n) is 3.00. The molecule has 1 saturated heterocycles. The molecule has 1 aliphatic heterocycles. The van der Waals surface area contributed by atoms with Gasteiger partial charge in [0, 0.05) is 16.3 Å². The summed E-state index contributed by atoms with van der Waals surface area (Å²) in [6.07, 6.45) is 2.39. The van der Waals surface area contributed by atoms with Crippen molar-refractivity contribution in [3.8, 4) is 0 Å². The molecule has 0 amide bonds. The summed E-state index contributed by atoms with van der Waals surface area (Å²) in [7, 11) is 0. The summed E-state index contributed by atoms with van der Waals surface area (Å²) in [6.45, 7) is 4.30. The van der Waals surface area contributed by atoms with Gasteiger partial charge in [-0.1, -0.05) is 6.92 Å². The quantitative estimate of drug-likeness (QED) is 0.356. The first-order valence-corrected chi connectivity index (χ1v) is 9.20. The topological polar surface area (TPSA) is 18.5 Å². The molecule has 1 fully saturated rings. The van der Waals surface area contributed by atoms with E-state index in [9.17, 15) is 0 Å². The summed E-state index contributed by atoms with van der Waals surface area (Å²) in [5.41, 5.74) is 1.16. The van der Waals surface area contributed by atoms with Crippen LogP contribution >= 0.6 is 67.8 Å². The minimum atomic E-state index is -0.214. The summed E-state index contributed by atoms with van der Waals surface area (Å²) in [4.78, 5) is 0. The minimum absolute atomic E-state index is 0.214. The molecule has 1 aliphatic rings. The fourth-order valence-electron chi connectivity index (χ4n) is 2.06. The highest BCUT2D eigenvalue weighted by Gasteiger charge is 2.29. The lowest BCUT2D eigenvalue weighted by atomic mass is 10.1. The van der Waals surface area contributed by atoms with Crippen molar-refractivity contribution in [3.05, 3.63) is 28.4 Å². The molecule has 18 heavy (non-hydrogen) atoms. The first-order valence-electron chi connectivity index (χ1n) is 5.96. The van der Waals surface area contributed by atoms with Gasteiger partial charge >= 0.3 is 0 Å². The second kappa shape index (κ2) is 6.86. The molecular formula is C13H15I3O2. The highest BCUT2D eigenvalue weighted by Crippen LogP contribution is 2.35. The zero-order valence-corrected chi connectivity index (χ0v) is 16.7. The van der Waals surface area contributed by atoms with E-state index in [0.29, 0.717) is 6.10 Å². The molecular weight excluding hydrogens is 569 g/mol. The van der Waals surface area contributed by atoms with E-state index >= 15 is 0 Å². The van der Waals surface area contributed by atoms with E-state index in [0.717, 1.165) is 18.4 Å². The van der Waals surface area contributed by atoms with Crippen LogP contribution in [0.3, 0.4) is 0 Å². The second-order valence-electron chi connectivity index (χ2n) is 4.47. The summed E-state index contributed by atoms with van der Waals surface area (Å²) in [6, 6.07) is 4.34. The predicted molar refractivity (Wildman–Crippen MR) is 97.7 cm³/mol. The maximum atomic E-state index is 6.05. The molecule has 1 aromatic rings. The monoisotopic (exact) mass is 584 g/mol. The Balaban J connectivity index is 2.30. The van der Waals surface area contributed by atoms with Gasteiger partial charge in [0.05, 0.1) is 12.2 Å². The molecule has 100 valence electrons. The normalized spacial score (nSPS) is 28.4. The Labute approximate surface area is 149 Å². The molecule has 0 saturated carbocycles. The van der Waals surface area contributed by atoms with Gasteiger partial charge in [0.2, 0.25) is 0 Å². The van der Waals surface area contributed by atoms with Crippen molar-refractivity contribution >= 4 is 67.8 Å². The number of hydrogen-bond acceptors (Lipinski definition) is 2. The summed E-state index contributed by atoms with van der Waals surface area (Å²) in [5.74, 6) is 0. The van der Waals surface area contributed by atoms with Gasteiger partial charge in [-0.3, -0.25) is 0 Å². The van der Waals surface area contributed by atoms with Crippen LogP contribution in [-0.2, 0) is 9.47 Å². The van der Waals surface area contributed by atoms with Crippen LogP contribution in [0, 0.1) is 10.7 Å². The van der Waals surface area contributed by atoms with E-state index < -0.39 is 0 Å².